The molecule has 0 spiro atoms. The number of piperazine rings is 1. The van der Waals surface area contributed by atoms with E-state index in [9.17, 15) is 0 Å². The molecule has 0 radical (unpaired) electrons. The quantitative estimate of drug-likeness (QED) is 0.942. The van der Waals surface area contributed by atoms with Crippen molar-refractivity contribution in [1.82, 2.24) is 19.8 Å². The maximum Gasteiger partial charge on any atom is 0.137 e. The van der Waals surface area contributed by atoms with Crippen LogP contribution < -0.4 is 0 Å². The highest BCUT2D eigenvalue weighted by Crippen LogP contribution is 2.20. The van der Waals surface area contributed by atoms with Crippen molar-refractivity contribution >= 4 is 0 Å². The first-order valence-corrected chi connectivity index (χ1v) is 8.21. The minimum atomic E-state index is 0.668. The lowest BCUT2D eigenvalue weighted by molar-refractivity contribution is 0.0875. The molecule has 1 aromatic heterocycles. The van der Waals surface area contributed by atoms with E-state index in [1.54, 1.807) is 0 Å². The number of hydrogen-bond donors (Lipinski definition) is 1. The Balaban J connectivity index is 1.72. The van der Waals surface area contributed by atoms with Gasteiger partial charge < -0.3 is 9.88 Å². The Bertz CT molecular complexity index is 605. The molecule has 1 atom stereocenters. The van der Waals surface area contributed by atoms with Crippen LogP contribution in [-0.4, -0.2) is 52.5 Å². The van der Waals surface area contributed by atoms with Gasteiger partial charge in [0.15, 0.2) is 0 Å². The highest BCUT2D eigenvalue weighted by Gasteiger charge is 2.23. The zero-order valence-corrected chi connectivity index (χ0v) is 13.8. The zero-order valence-electron chi connectivity index (χ0n) is 13.8. The van der Waals surface area contributed by atoms with Crippen molar-refractivity contribution in [3.8, 4) is 11.4 Å². The summed E-state index contributed by atoms with van der Waals surface area (Å²) in [5, 5.41) is 0. The number of hydrogen-bond acceptors (Lipinski definition) is 3. The summed E-state index contributed by atoms with van der Waals surface area (Å²) in [7, 11) is 2.23. The maximum atomic E-state index is 4.83. The third-order valence-electron chi connectivity index (χ3n) is 4.74. The van der Waals surface area contributed by atoms with Gasteiger partial charge >= 0.3 is 0 Å². The van der Waals surface area contributed by atoms with Crippen LogP contribution in [0.2, 0.25) is 0 Å². The number of nitrogens with zero attached hydrogens (tertiary/aromatic N) is 3. The maximum absolute atomic E-state index is 4.83. The van der Waals surface area contributed by atoms with Gasteiger partial charge in [-0.2, -0.15) is 0 Å². The Morgan fingerprint density at radius 2 is 2.00 bits per heavy atom. The monoisotopic (exact) mass is 298 g/mol. The normalized spacial score (nSPS) is 20.4. The van der Waals surface area contributed by atoms with Crippen molar-refractivity contribution in [2.75, 3.05) is 26.7 Å². The number of imidazole rings is 1. The summed E-state index contributed by atoms with van der Waals surface area (Å²) < 4.78 is 0. The summed E-state index contributed by atoms with van der Waals surface area (Å²) in [6.07, 6.45) is 1.21. The van der Waals surface area contributed by atoms with Crippen LogP contribution in [0.15, 0.2) is 30.3 Å². The van der Waals surface area contributed by atoms with E-state index < -0.39 is 0 Å². The van der Waals surface area contributed by atoms with Crippen molar-refractivity contribution in [1.29, 1.82) is 0 Å². The average Bonchev–Trinajstić information content (AvgIpc) is 2.91. The molecule has 0 aliphatic carbocycles. The Morgan fingerprint density at radius 1 is 1.23 bits per heavy atom. The van der Waals surface area contributed by atoms with Crippen LogP contribution in [0.4, 0.5) is 0 Å². The largest absolute Gasteiger partial charge is 0.342 e. The predicted molar refractivity (Wildman–Crippen MR) is 90.7 cm³/mol. The molecule has 1 fully saturated rings. The summed E-state index contributed by atoms with van der Waals surface area (Å²) in [5.41, 5.74) is 3.52. The molecule has 118 valence electrons. The fourth-order valence-corrected chi connectivity index (χ4v) is 3.19. The van der Waals surface area contributed by atoms with Crippen LogP contribution in [0.25, 0.3) is 11.4 Å². The Morgan fingerprint density at radius 3 is 2.73 bits per heavy atom. The molecule has 1 N–H and O–H groups in total. The molecule has 3 rings (SSSR count). The fraction of sp³-hybridized carbons (Fsp3) is 0.500. The van der Waals surface area contributed by atoms with Crippen LogP contribution in [0.5, 0.6) is 0 Å². The van der Waals surface area contributed by atoms with E-state index in [2.05, 4.69) is 59.9 Å². The lowest BCUT2D eigenvalue weighted by atomic mass is 10.1. The smallest absolute Gasteiger partial charge is 0.137 e. The van der Waals surface area contributed by atoms with E-state index in [1.807, 2.05) is 6.07 Å². The molecular weight excluding hydrogens is 272 g/mol. The van der Waals surface area contributed by atoms with E-state index in [1.165, 1.54) is 17.8 Å². The standard InChI is InChI=1S/C18H26N4/c1-4-16-12-22(11-10-21(16)3)13-17-14(2)19-18(20-17)15-8-6-5-7-9-15/h5-9,16H,4,10-13H2,1-3H3,(H,19,20)/t16-/m1/s1. The number of aromatic amines is 1. The molecule has 4 heteroatoms. The highest BCUT2D eigenvalue weighted by atomic mass is 15.3. The molecule has 1 aliphatic rings. The Kier molecular flexibility index (Phi) is 4.60. The number of nitrogens with one attached hydrogen (secondary N) is 1. The molecule has 1 aliphatic heterocycles. The van der Waals surface area contributed by atoms with E-state index in [0.717, 1.165) is 37.6 Å². The number of rotatable bonds is 4. The Hall–Kier alpha value is -1.65. The number of aryl methyl sites for hydroxylation is 1. The van der Waals surface area contributed by atoms with Gasteiger partial charge in [-0.25, -0.2) is 4.98 Å². The zero-order chi connectivity index (χ0) is 15.5. The third-order valence-corrected chi connectivity index (χ3v) is 4.74. The van der Waals surface area contributed by atoms with Gasteiger partial charge in [-0.05, 0) is 20.4 Å². The summed E-state index contributed by atoms with van der Waals surface area (Å²) in [6.45, 7) is 8.76. The fourth-order valence-electron chi connectivity index (χ4n) is 3.19. The number of likely N-dealkylation sites (N-methyl/N-ethyl adjacent to an activating group) is 1. The molecule has 1 saturated heterocycles. The molecule has 0 bridgehead atoms. The molecule has 0 amide bonds. The van der Waals surface area contributed by atoms with E-state index in [-0.39, 0.29) is 0 Å². The second-order valence-corrected chi connectivity index (χ2v) is 6.30. The van der Waals surface area contributed by atoms with Crippen LogP contribution in [0.1, 0.15) is 24.7 Å². The van der Waals surface area contributed by atoms with Crippen molar-refractivity contribution in [3.63, 3.8) is 0 Å². The first kappa shape index (κ1) is 15.3. The van der Waals surface area contributed by atoms with Gasteiger partial charge in [0, 0.05) is 43.5 Å². The first-order chi connectivity index (χ1) is 10.7. The van der Waals surface area contributed by atoms with Gasteiger partial charge in [-0.1, -0.05) is 37.3 Å². The van der Waals surface area contributed by atoms with Crippen LogP contribution in [0, 0.1) is 6.92 Å². The molecule has 2 aromatic rings. The summed E-state index contributed by atoms with van der Waals surface area (Å²) in [6, 6.07) is 11.0. The van der Waals surface area contributed by atoms with Gasteiger partial charge in [-0.3, -0.25) is 4.90 Å². The van der Waals surface area contributed by atoms with Gasteiger partial charge in [0.25, 0.3) is 0 Å². The first-order valence-electron chi connectivity index (χ1n) is 8.21. The molecule has 1 aromatic carbocycles. The number of H-pyrrole nitrogens is 1. The lowest BCUT2D eigenvalue weighted by Gasteiger charge is -2.38. The van der Waals surface area contributed by atoms with Gasteiger partial charge in [0.2, 0.25) is 0 Å². The Labute approximate surface area is 133 Å². The SMILES string of the molecule is CC[C@@H]1CN(Cc2nc(-c3ccccc3)[nH]c2C)CCN1C. The van der Waals surface area contributed by atoms with E-state index in [0.29, 0.717) is 6.04 Å². The highest BCUT2D eigenvalue weighted by molar-refractivity contribution is 5.55. The van der Waals surface area contributed by atoms with Crippen LogP contribution >= 0.6 is 0 Å². The number of benzene rings is 1. The van der Waals surface area contributed by atoms with E-state index >= 15 is 0 Å². The average molecular weight is 298 g/mol. The third kappa shape index (κ3) is 3.23. The minimum absolute atomic E-state index is 0.668. The van der Waals surface area contributed by atoms with Gasteiger partial charge in [-0.15, -0.1) is 0 Å². The molecule has 0 saturated carbocycles. The van der Waals surface area contributed by atoms with E-state index in [4.69, 9.17) is 4.98 Å². The summed E-state index contributed by atoms with van der Waals surface area (Å²) >= 11 is 0. The lowest BCUT2D eigenvalue weighted by Crippen LogP contribution is -2.50. The number of aromatic nitrogens is 2. The summed E-state index contributed by atoms with van der Waals surface area (Å²) in [4.78, 5) is 13.3. The van der Waals surface area contributed by atoms with Crippen LogP contribution in [0.3, 0.4) is 0 Å². The minimum Gasteiger partial charge on any atom is -0.342 e. The van der Waals surface area contributed by atoms with Gasteiger partial charge in [0.1, 0.15) is 5.82 Å². The molecule has 2 heterocycles. The molecule has 0 unspecified atom stereocenters. The molecule has 4 nitrogen and oxygen atoms in total. The predicted octanol–water partition coefficient (Wildman–Crippen LogP) is 2.91. The second-order valence-electron chi connectivity index (χ2n) is 6.30. The summed E-state index contributed by atoms with van der Waals surface area (Å²) in [5.74, 6) is 0.981. The van der Waals surface area contributed by atoms with Gasteiger partial charge in [0.05, 0.1) is 5.69 Å². The van der Waals surface area contributed by atoms with Crippen molar-refractivity contribution in [2.45, 2.75) is 32.9 Å². The molecule has 22 heavy (non-hydrogen) atoms. The van der Waals surface area contributed by atoms with Crippen molar-refractivity contribution < 1.29 is 0 Å². The topological polar surface area (TPSA) is 35.2 Å². The van der Waals surface area contributed by atoms with Crippen molar-refractivity contribution in [2.24, 2.45) is 0 Å². The van der Waals surface area contributed by atoms with Crippen molar-refractivity contribution in [3.05, 3.63) is 41.7 Å². The second kappa shape index (κ2) is 6.63. The van der Waals surface area contributed by atoms with Crippen LogP contribution in [-0.2, 0) is 6.54 Å². The molecular formula is C18H26N4.